The first kappa shape index (κ1) is 17.0. The van der Waals surface area contributed by atoms with Crippen molar-refractivity contribution in [2.75, 3.05) is 7.11 Å². The van der Waals surface area contributed by atoms with E-state index in [0.717, 1.165) is 19.3 Å². The molecule has 0 aliphatic heterocycles. The van der Waals surface area contributed by atoms with Crippen LogP contribution in [0.4, 0.5) is 0 Å². The summed E-state index contributed by atoms with van der Waals surface area (Å²) in [4.78, 5) is 12.6. The highest BCUT2D eigenvalue weighted by Gasteiger charge is 2.58. The van der Waals surface area contributed by atoms with Crippen LogP contribution in [0.1, 0.15) is 79.1 Å². The average Bonchev–Trinajstić information content (AvgIpc) is 2.53. The second kappa shape index (κ2) is 5.63. The molecular weight excluding hydrogens is 284 g/mol. The Morgan fingerprint density at radius 1 is 1.26 bits per heavy atom. The molecule has 5 atom stereocenters. The molecule has 0 amide bonds. The summed E-state index contributed by atoms with van der Waals surface area (Å²) < 4.78 is 5.21. The number of carbonyl (C=O) groups is 1. The first-order chi connectivity index (χ1) is 10.8. The summed E-state index contributed by atoms with van der Waals surface area (Å²) in [6.07, 6.45) is 12.2. The number of rotatable bonds is 2. The monoisotopic (exact) mass is 318 g/mol. The fourth-order valence-electron chi connectivity index (χ4n) is 6.26. The molecule has 3 aliphatic carbocycles. The SMILES string of the molecule is CC[C@]1(C)CC[C@H]2C(=CC[C@@H]3[C@]2(C)CCC[C@@]3(C)C(=O)OC)C1. The number of allylic oxidation sites excluding steroid dienone is 2. The minimum atomic E-state index is -0.296. The molecule has 0 aromatic rings. The number of ether oxygens (including phenoxy) is 1. The van der Waals surface area contributed by atoms with E-state index in [4.69, 9.17) is 4.74 Å². The predicted molar refractivity (Wildman–Crippen MR) is 94.0 cm³/mol. The first-order valence-electron chi connectivity index (χ1n) is 9.56. The van der Waals surface area contributed by atoms with Crippen molar-refractivity contribution >= 4 is 5.97 Å². The Labute approximate surface area is 142 Å². The van der Waals surface area contributed by atoms with E-state index in [1.54, 1.807) is 12.7 Å². The van der Waals surface area contributed by atoms with Crippen LogP contribution in [0.25, 0.3) is 0 Å². The van der Waals surface area contributed by atoms with E-state index >= 15 is 0 Å². The molecule has 3 rings (SSSR count). The zero-order valence-corrected chi connectivity index (χ0v) is 15.7. The Kier molecular flexibility index (Phi) is 4.18. The molecule has 0 aromatic heterocycles. The highest BCUT2D eigenvalue weighted by Crippen LogP contribution is 2.64. The minimum absolute atomic E-state index is 0.0134. The van der Waals surface area contributed by atoms with Crippen molar-refractivity contribution in [1.29, 1.82) is 0 Å². The van der Waals surface area contributed by atoms with Crippen LogP contribution in [-0.2, 0) is 9.53 Å². The molecule has 3 aliphatic rings. The summed E-state index contributed by atoms with van der Waals surface area (Å²) in [6, 6.07) is 0. The van der Waals surface area contributed by atoms with E-state index in [0.29, 0.717) is 17.3 Å². The van der Waals surface area contributed by atoms with Crippen LogP contribution < -0.4 is 0 Å². The lowest BCUT2D eigenvalue weighted by Gasteiger charge is -2.59. The third-order valence-electron chi connectivity index (χ3n) is 8.01. The highest BCUT2D eigenvalue weighted by atomic mass is 16.5. The van der Waals surface area contributed by atoms with E-state index in [2.05, 4.69) is 33.8 Å². The van der Waals surface area contributed by atoms with Gasteiger partial charge in [-0.3, -0.25) is 4.79 Å². The third-order valence-corrected chi connectivity index (χ3v) is 8.01. The Hall–Kier alpha value is -0.790. The smallest absolute Gasteiger partial charge is 0.311 e. The quantitative estimate of drug-likeness (QED) is 0.495. The summed E-state index contributed by atoms with van der Waals surface area (Å²) in [5, 5.41) is 0. The van der Waals surface area contributed by atoms with Gasteiger partial charge in [0, 0.05) is 0 Å². The molecule has 2 saturated carbocycles. The summed E-state index contributed by atoms with van der Waals surface area (Å²) >= 11 is 0. The predicted octanol–water partition coefficient (Wildman–Crippen LogP) is 5.52. The fraction of sp³-hybridized carbons (Fsp3) is 0.857. The normalized spacial score (nSPS) is 46.4. The van der Waals surface area contributed by atoms with Gasteiger partial charge in [0.15, 0.2) is 0 Å². The topological polar surface area (TPSA) is 26.3 Å². The van der Waals surface area contributed by atoms with Crippen molar-refractivity contribution in [1.82, 2.24) is 0 Å². The van der Waals surface area contributed by atoms with E-state index in [-0.39, 0.29) is 16.8 Å². The van der Waals surface area contributed by atoms with Crippen molar-refractivity contribution in [3.05, 3.63) is 11.6 Å². The molecule has 2 nitrogen and oxygen atoms in total. The van der Waals surface area contributed by atoms with Crippen LogP contribution >= 0.6 is 0 Å². The zero-order valence-electron chi connectivity index (χ0n) is 15.7. The number of carbonyl (C=O) groups excluding carboxylic acids is 1. The van der Waals surface area contributed by atoms with Gasteiger partial charge in [0.25, 0.3) is 0 Å². The van der Waals surface area contributed by atoms with Crippen molar-refractivity contribution in [2.45, 2.75) is 79.1 Å². The van der Waals surface area contributed by atoms with Gasteiger partial charge in [-0.15, -0.1) is 0 Å². The second-order valence-electron chi connectivity index (χ2n) is 9.27. The zero-order chi connectivity index (χ0) is 16.9. The van der Waals surface area contributed by atoms with Crippen molar-refractivity contribution in [3.8, 4) is 0 Å². The van der Waals surface area contributed by atoms with Crippen LogP contribution in [0.15, 0.2) is 11.6 Å². The lowest BCUT2D eigenvalue weighted by atomic mass is 9.45. The van der Waals surface area contributed by atoms with Gasteiger partial charge in [-0.1, -0.05) is 45.3 Å². The number of fused-ring (bicyclic) bond motifs is 3. The van der Waals surface area contributed by atoms with Gasteiger partial charge in [-0.05, 0) is 68.1 Å². The molecule has 0 unspecified atom stereocenters. The van der Waals surface area contributed by atoms with Gasteiger partial charge in [0.05, 0.1) is 12.5 Å². The van der Waals surface area contributed by atoms with Gasteiger partial charge < -0.3 is 4.74 Å². The maximum absolute atomic E-state index is 12.6. The van der Waals surface area contributed by atoms with E-state index < -0.39 is 0 Å². The number of esters is 1. The van der Waals surface area contributed by atoms with Gasteiger partial charge in [-0.25, -0.2) is 0 Å². The second-order valence-corrected chi connectivity index (χ2v) is 9.27. The minimum Gasteiger partial charge on any atom is -0.469 e. The van der Waals surface area contributed by atoms with Crippen molar-refractivity contribution < 1.29 is 9.53 Å². The maximum Gasteiger partial charge on any atom is 0.311 e. The van der Waals surface area contributed by atoms with Crippen LogP contribution in [0.2, 0.25) is 0 Å². The first-order valence-corrected chi connectivity index (χ1v) is 9.56. The van der Waals surface area contributed by atoms with E-state index in [1.165, 1.54) is 32.1 Å². The van der Waals surface area contributed by atoms with E-state index in [1.807, 2.05) is 0 Å². The standard InChI is InChI=1S/C21H34O2/c1-6-19(2)13-10-16-15(14-19)8-9-17-20(16,3)11-7-12-21(17,4)18(22)23-5/h8,16-17H,6-7,9-14H2,1-5H3/t16-,17+,19+,20+,21+/m0/s1. The van der Waals surface area contributed by atoms with Crippen LogP contribution in [0, 0.1) is 28.1 Å². The third kappa shape index (κ3) is 2.48. The number of methoxy groups -OCH3 is 1. The van der Waals surface area contributed by atoms with Gasteiger partial charge in [-0.2, -0.15) is 0 Å². The summed E-state index contributed by atoms with van der Waals surface area (Å²) in [7, 11) is 1.55. The van der Waals surface area contributed by atoms with Crippen LogP contribution in [-0.4, -0.2) is 13.1 Å². The fourth-order valence-corrected chi connectivity index (χ4v) is 6.26. The van der Waals surface area contributed by atoms with Gasteiger partial charge in [0.1, 0.15) is 0 Å². The Bertz CT molecular complexity index is 522. The van der Waals surface area contributed by atoms with Gasteiger partial charge in [0.2, 0.25) is 0 Å². The molecule has 0 heterocycles. The van der Waals surface area contributed by atoms with Crippen LogP contribution in [0.3, 0.4) is 0 Å². The summed E-state index contributed by atoms with van der Waals surface area (Å²) in [5.74, 6) is 1.14. The molecule has 2 fully saturated rings. The Morgan fingerprint density at radius 2 is 2.00 bits per heavy atom. The molecule has 0 aromatic carbocycles. The molecule has 2 heteroatoms. The number of hydrogen-bond donors (Lipinski definition) is 0. The molecule has 130 valence electrons. The summed E-state index contributed by atoms with van der Waals surface area (Å²) in [5.41, 5.74) is 2.18. The molecule has 0 bridgehead atoms. The molecule has 0 N–H and O–H groups in total. The van der Waals surface area contributed by atoms with Crippen molar-refractivity contribution in [2.24, 2.45) is 28.1 Å². The van der Waals surface area contributed by atoms with Crippen molar-refractivity contribution in [3.63, 3.8) is 0 Å². The molecule has 0 radical (unpaired) electrons. The summed E-state index contributed by atoms with van der Waals surface area (Å²) in [6.45, 7) is 9.43. The number of hydrogen-bond acceptors (Lipinski definition) is 2. The lowest BCUT2D eigenvalue weighted by molar-refractivity contribution is -0.167. The Balaban J connectivity index is 1.95. The van der Waals surface area contributed by atoms with Crippen LogP contribution in [0.5, 0.6) is 0 Å². The maximum atomic E-state index is 12.6. The molecule has 0 saturated heterocycles. The average molecular weight is 319 g/mol. The lowest BCUT2D eigenvalue weighted by Crippen LogP contribution is -2.54. The molecule has 0 spiro atoms. The Morgan fingerprint density at radius 3 is 2.65 bits per heavy atom. The molecular formula is C21H34O2. The van der Waals surface area contributed by atoms with E-state index in [9.17, 15) is 4.79 Å². The largest absolute Gasteiger partial charge is 0.469 e. The highest BCUT2D eigenvalue weighted by molar-refractivity contribution is 5.77. The van der Waals surface area contributed by atoms with Gasteiger partial charge >= 0.3 is 5.97 Å². The molecule has 23 heavy (non-hydrogen) atoms.